The van der Waals surface area contributed by atoms with E-state index in [4.69, 9.17) is 0 Å². The van der Waals surface area contributed by atoms with Crippen molar-refractivity contribution in [3.8, 4) is 0 Å². The van der Waals surface area contributed by atoms with Crippen molar-refractivity contribution in [1.82, 2.24) is 15.0 Å². The first kappa shape index (κ1) is 14.1. The summed E-state index contributed by atoms with van der Waals surface area (Å²) in [7, 11) is 1.86. The molecule has 3 rings (SSSR count). The van der Waals surface area contributed by atoms with Crippen molar-refractivity contribution in [3.63, 3.8) is 0 Å². The van der Waals surface area contributed by atoms with E-state index in [1.165, 1.54) is 0 Å². The molecule has 0 spiro atoms. The average molecular weight is 349 g/mol. The predicted molar refractivity (Wildman–Crippen MR) is 87.9 cm³/mol. The molecule has 21 heavy (non-hydrogen) atoms. The molecule has 0 unspecified atom stereocenters. The highest BCUT2D eigenvalue weighted by atomic mass is 79.9. The zero-order valence-electron chi connectivity index (χ0n) is 11.8. The maximum Gasteiger partial charge on any atom is 0.134 e. The van der Waals surface area contributed by atoms with Crippen molar-refractivity contribution < 1.29 is 0 Å². The third kappa shape index (κ3) is 3.24. The van der Waals surface area contributed by atoms with Gasteiger partial charge in [-0.2, -0.15) is 0 Å². The zero-order valence-corrected chi connectivity index (χ0v) is 13.4. The number of nitrogens with one attached hydrogen (secondary N) is 1. The van der Waals surface area contributed by atoms with E-state index in [0.717, 1.165) is 48.1 Å². The quantitative estimate of drug-likeness (QED) is 0.915. The summed E-state index contributed by atoms with van der Waals surface area (Å²) in [5.74, 6) is 2.84. The Morgan fingerprint density at radius 1 is 1.00 bits per heavy atom. The van der Waals surface area contributed by atoms with Crippen LogP contribution in [0.3, 0.4) is 0 Å². The fourth-order valence-corrected chi connectivity index (χ4v) is 2.61. The number of nitrogens with zero attached hydrogens (tertiary/aromatic N) is 5. The molecule has 2 aromatic rings. The molecule has 0 atom stereocenters. The Bertz CT molecular complexity index is 595. The first-order valence-electron chi connectivity index (χ1n) is 6.87. The van der Waals surface area contributed by atoms with Crippen molar-refractivity contribution in [3.05, 3.63) is 35.2 Å². The molecule has 2 aromatic heterocycles. The smallest absolute Gasteiger partial charge is 0.134 e. The van der Waals surface area contributed by atoms with Gasteiger partial charge in [0.25, 0.3) is 0 Å². The van der Waals surface area contributed by atoms with Crippen LogP contribution >= 0.6 is 15.9 Å². The third-order valence-electron chi connectivity index (χ3n) is 3.55. The number of aromatic nitrogens is 3. The Morgan fingerprint density at radius 3 is 2.33 bits per heavy atom. The summed E-state index contributed by atoms with van der Waals surface area (Å²) in [6, 6.07) is 6.05. The summed E-state index contributed by atoms with van der Waals surface area (Å²) in [4.78, 5) is 17.5. The van der Waals surface area contributed by atoms with Gasteiger partial charge < -0.3 is 15.1 Å². The normalized spacial score (nSPS) is 15.1. The number of hydrogen-bond donors (Lipinski definition) is 1. The van der Waals surface area contributed by atoms with Crippen LogP contribution in [0, 0.1) is 0 Å². The van der Waals surface area contributed by atoms with Gasteiger partial charge in [0.15, 0.2) is 0 Å². The second-order valence-electron chi connectivity index (χ2n) is 4.82. The summed E-state index contributed by atoms with van der Waals surface area (Å²) in [6.07, 6.45) is 3.44. The molecule has 1 aliphatic heterocycles. The summed E-state index contributed by atoms with van der Waals surface area (Å²) in [6.45, 7) is 3.73. The minimum absolute atomic E-state index is 0.844. The van der Waals surface area contributed by atoms with Gasteiger partial charge in [-0.25, -0.2) is 15.0 Å². The molecule has 0 aliphatic carbocycles. The van der Waals surface area contributed by atoms with Crippen LogP contribution in [0.4, 0.5) is 17.5 Å². The van der Waals surface area contributed by atoms with Crippen LogP contribution in [0.1, 0.15) is 0 Å². The van der Waals surface area contributed by atoms with Gasteiger partial charge in [-0.3, -0.25) is 0 Å². The summed E-state index contributed by atoms with van der Waals surface area (Å²) in [5, 5.41) is 3.04. The Labute approximate surface area is 132 Å². The summed E-state index contributed by atoms with van der Waals surface area (Å²) in [5.41, 5.74) is 0. The van der Waals surface area contributed by atoms with Gasteiger partial charge in [-0.05, 0) is 28.1 Å². The molecule has 0 bridgehead atoms. The highest BCUT2D eigenvalue weighted by Crippen LogP contribution is 2.19. The second-order valence-corrected chi connectivity index (χ2v) is 5.74. The lowest BCUT2D eigenvalue weighted by molar-refractivity contribution is 0.641. The molecular formula is C14H17BrN6. The predicted octanol–water partition coefficient (Wildman–Crippen LogP) is 2.00. The van der Waals surface area contributed by atoms with Gasteiger partial charge in [0, 0.05) is 50.0 Å². The Hall–Kier alpha value is -1.89. The molecule has 0 aromatic carbocycles. The van der Waals surface area contributed by atoms with Crippen molar-refractivity contribution >= 4 is 33.4 Å². The Balaban J connectivity index is 1.65. The van der Waals surface area contributed by atoms with E-state index in [0.29, 0.717) is 0 Å². The molecule has 1 fully saturated rings. The summed E-state index contributed by atoms with van der Waals surface area (Å²) < 4.78 is 1.01. The fourth-order valence-electron chi connectivity index (χ4n) is 2.38. The van der Waals surface area contributed by atoms with Crippen molar-refractivity contribution in [2.24, 2.45) is 0 Å². The lowest BCUT2D eigenvalue weighted by atomic mass is 10.3. The van der Waals surface area contributed by atoms with Gasteiger partial charge >= 0.3 is 0 Å². The lowest BCUT2D eigenvalue weighted by Crippen LogP contribution is -2.47. The fraction of sp³-hybridized carbons (Fsp3) is 0.357. The second kappa shape index (κ2) is 6.26. The van der Waals surface area contributed by atoms with Crippen molar-refractivity contribution in [2.75, 3.05) is 48.3 Å². The van der Waals surface area contributed by atoms with Gasteiger partial charge in [-0.15, -0.1) is 0 Å². The molecule has 1 aliphatic rings. The average Bonchev–Trinajstić information content (AvgIpc) is 2.56. The molecule has 0 radical (unpaired) electrons. The van der Waals surface area contributed by atoms with Gasteiger partial charge in [0.1, 0.15) is 23.8 Å². The van der Waals surface area contributed by atoms with E-state index in [1.807, 2.05) is 31.4 Å². The highest BCUT2D eigenvalue weighted by Gasteiger charge is 2.19. The first-order chi connectivity index (χ1) is 10.3. The molecule has 110 valence electrons. The molecule has 3 heterocycles. The number of rotatable bonds is 3. The van der Waals surface area contributed by atoms with Crippen LogP contribution in [0.5, 0.6) is 0 Å². The van der Waals surface area contributed by atoms with Crippen LogP contribution in [0.2, 0.25) is 0 Å². The van der Waals surface area contributed by atoms with E-state index >= 15 is 0 Å². The molecule has 7 heteroatoms. The van der Waals surface area contributed by atoms with Crippen LogP contribution in [-0.2, 0) is 0 Å². The molecule has 1 saturated heterocycles. The van der Waals surface area contributed by atoms with E-state index in [1.54, 1.807) is 6.33 Å². The van der Waals surface area contributed by atoms with E-state index in [9.17, 15) is 0 Å². The highest BCUT2D eigenvalue weighted by molar-refractivity contribution is 9.10. The van der Waals surface area contributed by atoms with Crippen molar-refractivity contribution in [1.29, 1.82) is 0 Å². The van der Waals surface area contributed by atoms with Crippen LogP contribution in [0.25, 0.3) is 0 Å². The SMILES string of the molecule is CNc1cc(N2CCN(c3ccc(Br)cn3)CC2)ncn1. The van der Waals surface area contributed by atoms with Gasteiger partial charge in [-0.1, -0.05) is 0 Å². The van der Waals surface area contributed by atoms with Crippen LogP contribution in [-0.4, -0.2) is 48.2 Å². The maximum atomic E-state index is 4.45. The monoisotopic (exact) mass is 348 g/mol. The Kier molecular flexibility index (Phi) is 4.19. The zero-order chi connectivity index (χ0) is 14.7. The number of anilines is 3. The number of hydrogen-bond acceptors (Lipinski definition) is 6. The standard InChI is InChI=1S/C14H17BrN6/c1-16-12-8-14(19-10-18-12)21-6-4-20(5-7-21)13-3-2-11(15)9-17-13/h2-3,8-10H,4-7H2,1H3,(H,16,18,19). The lowest BCUT2D eigenvalue weighted by Gasteiger charge is -2.36. The number of pyridine rings is 1. The van der Waals surface area contributed by atoms with Crippen LogP contribution < -0.4 is 15.1 Å². The third-order valence-corrected chi connectivity index (χ3v) is 4.02. The van der Waals surface area contributed by atoms with Gasteiger partial charge in [0.05, 0.1) is 0 Å². The molecule has 0 saturated carbocycles. The van der Waals surface area contributed by atoms with Gasteiger partial charge in [0.2, 0.25) is 0 Å². The van der Waals surface area contributed by atoms with E-state index < -0.39 is 0 Å². The molecule has 6 nitrogen and oxygen atoms in total. The van der Waals surface area contributed by atoms with Crippen molar-refractivity contribution in [2.45, 2.75) is 0 Å². The first-order valence-corrected chi connectivity index (χ1v) is 7.67. The molecule has 0 amide bonds. The minimum atomic E-state index is 0.844. The van der Waals surface area contributed by atoms with Crippen LogP contribution in [0.15, 0.2) is 35.2 Å². The van der Waals surface area contributed by atoms with E-state index in [-0.39, 0.29) is 0 Å². The molecular weight excluding hydrogens is 332 g/mol. The number of piperazine rings is 1. The minimum Gasteiger partial charge on any atom is -0.373 e. The summed E-state index contributed by atoms with van der Waals surface area (Å²) >= 11 is 3.41. The topological polar surface area (TPSA) is 57.2 Å². The Morgan fingerprint density at radius 2 is 1.71 bits per heavy atom. The number of halogens is 1. The largest absolute Gasteiger partial charge is 0.373 e. The maximum absolute atomic E-state index is 4.45. The molecule has 1 N–H and O–H groups in total. The van der Waals surface area contributed by atoms with E-state index in [2.05, 4.69) is 46.0 Å².